The lowest BCUT2D eigenvalue weighted by Crippen LogP contribution is -2.53. The van der Waals surface area contributed by atoms with Gasteiger partial charge >= 0.3 is 5.97 Å². The smallest absolute Gasteiger partial charge is 0.310 e. The van der Waals surface area contributed by atoms with E-state index in [4.69, 9.17) is 5.11 Å². The van der Waals surface area contributed by atoms with Crippen LogP contribution in [0.4, 0.5) is 0 Å². The second-order valence-electron chi connectivity index (χ2n) is 4.56. The molecule has 0 radical (unpaired) electrons. The van der Waals surface area contributed by atoms with Crippen molar-refractivity contribution in [2.45, 2.75) is 13.8 Å². The van der Waals surface area contributed by atoms with E-state index < -0.39 is 11.9 Å². The molecule has 1 saturated heterocycles. The quantitative estimate of drug-likeness (QED) is 0.841. The molecule has 0 bridgehead atoms. The zero-order valence-electron chi connectivity index (χ0n) is 9.93. The number of carboxylic acid groups (broad SMARTS) is 1. The first-order valence-corrected chi connectivity index (χ1v) is 5.58. The number of carbonyl (C=O) groups is 2. The number of carbonyl (C=O) groups excluding carboxylic acids is 1. The van der Waals surface area contributed by atoms with Crippen LogP contribution in [-0.2, 0) is 4.79 Å². The summed E-state index contributed by atoms with van der Waals surface area (Å²) in [4.78, 5) is 24.4. The molecule has 1 aliphatic heterocycles. The number of benzene rings is 1. The van der Waals surface area contributed by atoms with E-state index in [2.05, 4.69) is 0 Å². The van der Waals surface area contributed by atoms with Crippen LogP contribution in [0.1, 0.15) is 21.5 Å². The summed E-state index contributed by atoms with van der Waals surface area (Å²) in [5.74, 6) is -1.29. The van der Waals surface area contributed by atoms with E-state index in [9.17, 15) is 9.59 Å². The van der Waals surface area contributed by atoms with E-state index in [1.54, 1.807) is 4.90 Å². The van der Waals surface area contributed by atoms with Crippen molar-refractivity contribution < 1.29 is 14.7 Å². The van der Waals surface area contributed by atoms with Gasteiger partial charge in [0.15, 0.2) is 0 Å². The minimum atomic E-state index is -0.824. The monoisotopic (exact) mass is 233 g/mol. The van der Waals surface area contributed by atoms with Crippen molar-refractivity contribution in [3.8, 4) is 0 Å². The molecule has 1 N–H and O–H groups in total. The lowest BCUT2D eigenvalue weighted by atomic mass is 9.97. The molecule has 1 amide bonds. The van der Waals surface area contributed by atoms with E-state index in [-0.39, 0.29) is 5.91 Å². The van der Waals surface area contributed by atoms with Crippen molar-refractivity contribution in [3.05, 3.63) is 34.9 Å². The van der Waals surface area contributed by atoms with E-state index >= 15 is 0 Å². The SMILES string of the molecule is Cc1ccc(C)c(C(=O)N2CC(C(=O)O)C2)c1. The molecular formula is C13H15NO3. The van der Waals surface area contributed by atoms with Gasteiger partial charge in [-0.3, -0.25) is 9.59 Å². The van der Waals surface area contributed by atoms with Crippen molar-refractivity contribution >= 4 is 11.9 Å². The minimum absolute atomic E-state index is 0.0660. The van der Waals surface area contributed by atoms with Gasteiger partial charge in [-0.25, -0.2) is 0 Å². The number of aryl methyl sites for hydroxylation is 2. The van der Waals surface area contributed by atoms with E-state index in [1.807, 2.05) is 32.0 Å². The number of likely N-dealkylation sites (tertiary alicyclic amines) is 1. The van der Waals surface area contributed by atoms with Crippen LogP contribution in [-0.4, -0.2) is 35.0 Å². The molecule has 90 valence electrons. The lowest BCUT2D eigenvalue weighted by molar-refractivity contribution is -0.146. The van der Waals surface area contributed by atoms with Crippen molar-refractivity contribution in [1.29, 1.82) is 0 Å². The fourth-order valence-corrected chi connectivity index (χ4v) is 1.94. The van der Waals surface area contributed by atoms with Gasteiger partial charge in [0.1, 0.15) is 0 Å². The van der Waals surface area contributed by atoms with Crippen LogP contribution in [0.2, 0.25) is 0 Å². The van der Waals surface area contributed by atoms with Crippen molar-refractivity contribution in [1.82, 2.24) is 4.90 Å². The van der Waals surface area contributed by atoms with E-state index in [0.717, 1.165) is 11.1 Å². The molecule has 0 atom stereocenters. The van der Waals surface area contributed by atoms with Crippen LogP contribution >= 0.6 is 0 Å². The molecule has 1 aromatic rings. The highest BCUT2D eigenvalue weighted by Gasteiger charge is 2.36. The lowest BCUT2D eigenvalue weighted by Gasteiger charge is -2.37. The van der Waals surface area contributed by atoms with Crippen LogP contribution in [0.15, 0.2) is 18.2 Å². The molecule has 1 aliphatic rings. The Bertz CT molecular complexity index is 476. The summed E-state index contributed by atoms with van der Waals surface area (Å²) in [7, 11) is 0. The number of rotatable bonds is 2. The first kappa shape index (κ1) is 11.6. The second kappa shape index (κ2) is 4.20. The van der Waals surface area contributed by atoms with Crippen LogP contribution < -0.4 is 0 Å². The summed E-state index contributed by atoms with van der Waals surface area (Å²) in [6.07, 6.45) is 0. The van der Waals surface area contributed by atoms with Gasteiger partial charge in [0.2, 0.25) is 0 Å². The van der Waals surface area contributed by atoms with Crippen molar-refractivity contribution in [2.75, 3.05) is 13.1 Å². The summed E-state index contributed by atoms with van der Waals surface area (Å²) < 4.78 is 0. The summed E-state index contributed by atoms with van der Waals surface area (Å²) in [5, 5.41) is 8.76. The highest BCUT2D eigenvalue weighted by molar-refractivity contribution is 5.97. The fourth-order valence-electron chi connectivity index (χ4n) is 1.94. The Morgan fingerprint density at radius 2 is 1.94 bits per heavy atom. The third kappa shape index (κ3) is 2.16. The van der Waals surface area contributed by atoms with E-state index in [0.29, 0.717) is 18.7 Å². The maximum absolute atomic E-state index is 12.1. The molecule has 0 spiro atoms. The average Bonchev–Trinajstić information content (AvgIpc) is 2.18. The summed E-state index contributed by atoms with van der Waals surface area (Å²) in [6.45, 7) is 4.47. The molecular weight excluding hydrogens is 218 g/mol. The van der Waals surface area contributed by atoms with Gasteiger partial charge in [0.25, 0.3) is 5.91 Å². The first-order valence-electron chi connectivity index (χ1n) is 5.58. The Morgan fingerprint density at radius 1 is 1.29 bits per heavy atom. The van der Waals surface area contributed by atoms with Crippen LogP contribution in [0.3, 0.4) is 0 Å². The molecule has 1 fully saturated rings. The average molecular weight is 233 g/mol. The number of nitrogens with zero attached hydrogens (tertiary/aromatic N) is 1. The zero-order valence-corrected chi connectivity index (χ0v) is 9.93. The molecule has 2 rings (SSSR count). The molecule has 4 heteroatoms. The van der Waals surface area contributed by atoms with Gasteiger partial charge in [0, 0.05) is 18.7 Å². The number of amides is 1. The predicted octanol–water partition coefficient (Wildman–Crippen LogP) is 1.46. The zero-order chi connectivity index (χ0) is 12.6. The summed E-state index contributed by atoms with van der Waals surface area (Å²) in [6, 6.07) is 5.73. The predicted molar refractivity (Wildman–Crippen MR) is 62.9 cm³/mol. The van der Waals surface area contributed by atoms with Gasteiger partial charge in [-0.2, -0.15) is 0 Å². The number of carboxylic acids is 1. The van der Waals surface area contributed by atoms with Gasteiger partial charge < -0.3 is 10.0 Å². The molecule has 0 aromatic heterocycles. The third-order valence-electron chi connectivity index (χ3n) is 3.14. The van der Waals surface area contributed by atoms with Gasteiger partial charge in [-0.1, -0.05) is 17.7 Å². The Morgan fingerprint density at radius 3 is 2.53 bits per heavy atom. The van der Waals surface area contributed by atoms with E-state index in [1.165, 1.54) is 0 Å². The Kier molecular flexibility index (Phi) is 2.88. The maximum atomic E-state index is 12.1. The standard InChI is InChI=1S/C13H15NO3/c1-8-3-4-9(2)11(5-8)12(15)14-6-10(7-14)13(16)17/h3-5,10H,6-7H2,1-2H3,(H,16,17). The van der Waals surface area contributed by atoms with Crippen LogP contribution in [0, 0.1) is 19.8 Å². The van der Waals surface area contributed by atoms with Gasteiger partial charge in [-0.05, 0) is 25.5 Å². The molecule has 0 saturated carbocycles. The first-order chi connectivity index (χ1) is 7.99. The van der Waals surface area contributed by atoms with Gasteiger partial charge in [-0.15, -0.1) is 0 Å². The molecule has 0 aliphatic carbocycles. The highest BCUT2D eigenvalue weighted by Crippen LogP contribution is 2.21. The summed E-state index contributed by atoms with van der Waals surface area (Å²) >= 11 is 0. The summed E-state index contributed by atoms with van der Waals surface area (Å²) in [5.41, 5.74) is 2.64. The fraction of sp³-hybridized carbons (Fsp3) is 0.385. The number of hydrogen-bond acceptors (Lipinski definition) is 2. The Balaban J connectivity index is 2.11. The topological polar surface area (TPSA) is 57.6 Å². The minimum Gasteiger partial charge on any atom is -0.481 e. The third-order valence-corrected chi connectivity index (χ3v) is 3.14. The second-order valence-corrected chi connectivity index (χ2v) is 4.56. The highest BCUT2D eigenvalue weighted by atomic mass is 16.4. The van der Waals surface area contributed by atoms with Crippen LogP contribution in [0.25, 0.3) is 0 Å². The van der Waals surface area contributed by atoms with Gasteiger partial charge in [0.05, 0.1) is 5.92 Å². The normalized spacial score (nSPS) is 15.5. The molecule has 4 nitrogen and oxygen atoms in total. The molecule has 0 unspecified atom stereocenters. The molecule has 1 aromatic carbocycles. The van der Waals surface area contributed by atoms with Crippen molar-refractivity contribution in [3.63, 3.8) is 0 Å². The Hall–Kier alpha value is -1.84. The van der Waals surface area contributed by atoms with Crippen molar-refractivity contribution in [2.24, 2.45) is 5.92 Å². The largest absolute Gasteiger partial charge is 0.481 e. The van der Waals surface area contributed by atoms with Crippen LogP contribution in [0.5, 0.6) is 0 Å². The maximum Gasteiger partial charge on any atom is 0.310 e. The molecule has 1 heterocycles. The molecule has 17 heavy (non-hydrogen) atoms. The Labute approximate surface area is 99.9 Å². The number of aliphatic carboxylic acids is 1. The number of hydrogen-bond donors (Lipinski definition) is 1.